The van der Waals surface area contributed by atoms with Gasteiger partial charge in [0.05, 0.1) is 22.2 Å². The minimum absolute atomic E-state index is 0.0892. The molecule has 0 unspecified atom stereocenters. The van der Waals surface area contributed by atoms with Crippen molar-refractivity contribution in [3.8, 4) is 5.75 Å². The molecule has 2 N–H and O–H groups in total. The summed E-state index contributed by atoms with van der Waals surface area (Å²) < 4.78 is 6.08. The summed E-state index contributed by atoms with van der Waals surface area (Å²) in [7, 11) is 0. The summed E-state index contributed by atoms with van der Waals surface area (Å²) in [6, 6.07) is 17.0. The Hall–Kier alpha value is -2.43. The molecular formula is C24H24Cl2N2O2. The zero-order valence-electron chi connectivity index (χ0n) is 16.6. The lowest BCUT2D eigenvalue weighted by Gasteiger charge is -2.32. The quantitative estimate of drug-likeness (QED) is 0.489. The van der Waals surface area contributed by atoms with Crippen molar-refractivity contribution in [1.29, 1.82) is 0 Å². The van der Waals surface area contributed by atoms with Crippen LogP contribution in [0.1, 0.15) is 29.6 Å². The van der Waals surface area contributed by atoms with E-state index in [1.54, 1.807) is 18.2 Å². The maximum atomic E-state index is 12.8. The Morgan fingerprint density at radius 1 is 0.967 bits per heavy atom. The third kappa shape index (κ3) is 4.35. The van der Waals surface area contributed by atoms with Gasteiger partial charge in [-0.15, -0.1) is 0 Å². The number of hydrogen-bond acceptors (Lipinski definition) is 3. The van der Waals surface area contributed by atoms with E-state index in [9.17, 15) is 4.79 Å². The van der Waals surface area contributed by atoms with Crippen LogP contribution in [0.5, 0.6) is 5.75 Å². The van der Waals surface area contributed by atoms with E-state index in [0.29, 0.717) is 41.2 Å². The number of nitrogens with zero attached hydrogens (tertiary/aromatic N) is 1. The molecule has 0 radical (unpaired) electrons. The molecule has 3 aromatic rings. The molecule has 6 heteroatoms. The van der Waals surface area contributed by atoms with E-state index in [-0.39, 0.29) is 5.91 Å². The molecule has 0 atom stereocenters. The number of anilines is 1. The van der Waals surface area contributed by atoms with Gasteiger partial charge in [-0.05, 0) is 49.4 Å². The SMILES string of the molecule is Nc1ccc(OCCC2CCN(C(=O)c3c(Cl)cccc3Cl)CC2)c2ccccc12. The largest absolute Gasteiger partial charge is 0.493 e. The molecule has 1 amide bonds. The lowest BCUT2D eigenvalue weighted by molar-refractivity contribution is 0.0680. The molecule has 1 aliphatic heterocycles. The fourth-order valence-electron chi connectivity index (χ4n) is 4.04. The number of likely N-dealkylation sites (tertiary alicyclic amines) is 1. The highest BCUT2D eigenvalue weighted by molar-refractivity contribution is 6.39. The molecule has 1 saturated heterocycles. The zero-order chi connectivity index (χ0) is 21.1. The monoisotopic (exact) mass is 442 g/mol. The molecule has 0 bridgehead atoms. The summed E-state index contributed by atoms with van der Waals surface area (Å²) in [4.78, 5) is 14.7. The molecule has 0 aliphatic carbocycles. The van der Waals surface area contributed by atoms with Gasteiger partial charge in [-0.1, -0.05) is 53.5 Å². The number of fused-ring (bicyclic) bond motifs is 1. The van der Waals surface area contributed by atoms with E-state index in [4.69, 9.17) is 33.7 Å². The van der Waals surface area contributed by atoms with Crippen LogP contribution >= 0.6 is 23.2 Å². The number of amides is 1. The first-order valence-electron chi connectivity index (χ1n) is 10.2. The van der Waals surface area contributed by atoms with Crippen LogP contribution in [-0.2, 0) is 0 Å². The molecule has 3 aromatic carbocycles. The van der Waals surface area contributed by atoms with Crippen molar-refractivity contribution in [3.05, 3.63) is 70.2 Å². The van der Waals surface area contributed by atoms with Gasteiger partial charge in [0, 0.05) is 29.5 Å². The Labute approximate surface area is 186 Å². The highest BCUT2D eigenvalue weighted by Crippen LogP contribution is 2.31. The van der Waals surface area contributed by atoms with Crippen LogP contribution < -0.4 is 10.5 Å². The minimum atomic E-state index is -0.0892. The van der Waals surface area contributed by atoms with Gasteiger partial charge < -0.3 is 15.4 Å². The lowest BCUT2D eigenvalue weighted by Crippen LogP contribution is -2.39. The zero-order valence-corrected chi connectivity index (χ0v) is 18.1. The van der Waals surface area contributed by atoms with E-state index in [1.807, 2.05) is 41.3 Å². The third-order valence-corrected chi connectivity index (χ3v) is 6.41. The second-order valence-corrected chi connectivity index (χ2v) is 8.48. The number of piperidine rings is 1. The summed E-state index contributed by atoms with van der Waals surface area (Å²) >= 11 is 12.4. The summed E-state index contributed by atoms with van der Waals surface area (Å²) in [5, 5.41) is 2.85. The number of benzene rings is 3. The first-order chi connectivity index (χ1) is 14.5. The minimum Gasteiger partial charge on any atom is -0.493 e. The number of carbonyl (C=O) groups excluding carboxylic acids is 1. The van der Waals surface area contributed by atoms with Crippen LogP contribution in [0.15, 0.2) is 54.6 Å². The van der Waals surface area contributed by atoms with Gasteiger partial charge in [0.1, 0.15) is 5.75 Å². The second kappa shape index (κ2) is 9.15. The van der Waals surface area contributed by atoms with Crippen LogP contribution in [0.3, 0.4) is 0 Å². The van der Waals surface area contributed by atoms with E-state index >= 15 is 0 Å². The molecule has 0 saturated carbocycles. The van der Waals surface area contributed by atoms with Crippen LogP contribution in [-0.4, -0.2) is 30.5 Å². The Morgan fingerprint density at radius 3 is 2.33 bits per heavy atom. The number of halogens is 2. The number of rotatable bonds is 5. The second-order valence-electron chi connectivity index (χ2n) is 7.67. The van der Waals surface area contributed by atoms with Crippen LogP contribution in [0.25, 0.3) is 10.8 Å². The molecule has 1 heterocycles. The highest BCUT2D eigenvalue weighted by Gasteiger charge is 2.26. The maximum Gasteiger partial charge on any atom is 0.256 e. The van der Waals surface area contributed by atoms with E-state index < -0.39 is 0 Å². The number of nitrogens with two attached hydrogens (primary N) is 1. The summed E-state index contributed by atoms with van der Waals surface area (Å²) in [5.41, 5.74) is 7.22. The molecule has 1 fully saturated rings. The summed E-state index contributed by atoms with van der Waals surface area (Å²) in [5.74, 6) is 1.30. The van der Waals surface area contributed by atoms with Crippen molar-refractivity contribution >= 4 is 45.6 Å². The summed E-state index contributed by atoms with van der Waals surface area (Å²) in [6.07, 6.45) is 2.84. The van der Waals surface area contributed by atoms with Crippen LogP contribution in [0.4, 0.5) is 5.69 Å². The molecule has 4 rings (SSSR count). The topological polar surface area (TPSA) is 55.6 Å². The third-order valence-electron chi connectivity index (χ3n) is 5.78. The Balaban J connectivity index is 1.31. The number of nitrogen functional groups attached to an aromatic ring is 1. The van der Waals surface area contributed by atoms with Crippen molar-refractivity contribution < 1.29 is 9.53 Å². The van der Waals surface area contributed by atoms with Crippen molar-refractivity contribution in [2.75, 3.05) is 25.4 Å². The predicted molar refractivity (Wildman–Crippen MR) is 124 cm³/mol. The van der Waals surface area contributed by atoms with Crippen LogP contribution in [0.2, 0.25) is 10.0 Å². The van der Waals surface area contributed by atoms with Gasteiger partial charge in [-0.3, -0.25) is 4.79 Å². The van der Waals surface area contributed by atoms with E-state index in [1.165, 1.54) is 0 Å². The standard InChI is InChI=1S/C24H24Cl2N2O2/c25-19-6-3-7-20(26)23(19)24(29)28-13-10-16(11-14-28)12-15-30-22-9-8-21(27)17-4-1-2-5-18(17)22/h1-9,16H,10-15,27H2. The number of hydrogen-bond donors (Lipinski definition) is 1. The average Bonchev–Trinajstić information content (AvgIpc) is 2.76. The number of carbonyl (C=O) groups is 1. The molecule has 0 spiro atoms. The molecule has 156 valence electrons. The van der Waals surface area contributed by atoms with Crippen molar-refractivity contribution in [2.45, 2.75) is 19.3 Å². The Morgan fingerprint density at radius 2 is 1.63 bits per heavy atom. The van der Waals surface area contributed by atoms with Crippen molar-refractivity contribution in [1.82, 2.24) is 4.90 Å². The lowest BCUT2D eigenvalue weighted by atomic mass is 9.93. The predicted octanol–water partition coefficient (Wildman–Crippen LogP) is 6.05. The highest BCUT2D eigenvalue weighted by atomic mass is 35.5. The average molecular weight is 443 g/mol. The van der Waals surface area contributed by atoms with Gasteiger partial charge >= 0.3 is 0 Å². The molecule has 0 aromatic heterocycles. The molecular weight excluding hydrogens is 419 g/mol. The summed E-state index contributed by atoms with van der Waals surface area (Å²) in [6.45, 7) is 2.05. The maximum absolute atomic E-state index is 12.8. The number of ether oxygens (including phenoxy) is 1. The van der Waals surface area contributed by atoms with Gasteiger partial charge in [0.25, 0.3) is 5.91 Å². The van der Waals surface area contributed by atoms with E-state index in [2.05, 4.69) is 0 Å². The molecule has 1 aliphatic rings. The molecule has 30 heavy (non-hydrogen) atoms. The fourth-order valence-corrected chi connectivity index (χ4v) is 4.60. The smallest absolute Gasteiger partial charge is 0.256 e. The van der Waals surface area contributed by atoms with Crippen molar-refractivity contribution in [2.24, 2.45) is 5.92 Å². The first-order valence-corrected chi connectivity index (χ1v) is 10.9. The van der Waals surface area contributed by atoms with Gasteiger partial charge in [-0.25, -0.2) is 0 Å². The van der Waals surface area contributed by atoms with Gasteiger partial charge in [-0.2, -0.15) is 0 Å². The normalized spacial score (nSPS) is 14.8. The van der Waals surface area contributed by atoms with Gasteiger partial charge in [0.15, 0.2) is 0 Å². The Bertz CT molecular complexity index is 1040. The van der Waals surface area contributed by atoms with Gasteiger partial charge in [0.2, 0.25) is 0 Å². The molecule has 4 nitrogen and oxygen atoms in total. The first kappa shape index (κ1) is 20.8. The Kier molecular flexibility index (Phi) is 6.35. The van der Waals surface area contributed by atoms with Crippen LogP contribution in [0, 0.1) is 5.92 Å². The van der Waals surface area contributed by atoms with Crippen molar-refractivity contribution in [3.63, 3.8) is 0 Å². The fraction of sp³-hybridized carbons (Fsp3) is 0.292. The van der Waals surface area contributed by atoms with E-state index in [0.717, 1.165) is 41.5 Å².